The van der Waals surface area contributed by atoms with E-state index >= 15 is 0 Å². The van der Waals surface area contributed by atoms with Crippen LogP contribution >= 0.6 is 12.4 Å². The molecule has 3 N–H and O–H groups in total. The Morgan fingerprint density at radius 2 is 1.79 bits per heavy atom. The Labute approximate surface area is 148 Å². The van der Waals surface area contributed by atoms with Crippen LogP contribution in [0.15, 0.2) is 54.6 Å². The van der Waals surface area contributed by atoms with Gasteiger partial charge in [-0.3, -0.25) is 4.79 Å². The highest BCUT2D eigenvalue weighted by molar-refractivity contribution is 5.98. The van der Waals surface area contributed by atoms with Crippen molar-refractivity contribution in [3.8, 4) is 5.75 Å². The van der Waals surface area contributed by atoms with Crippen LogP contribution in [-0.2, 0) is 10.3 Å². The van der Waals surface area contributed by atoms with Gasteiger partial charge >= 0.3 is 0 Å². The van der Waals surface area contributed by atoms with E-state index in [1.807, 2.05) is 54.6 Å². The number of benzene rings is 2. The molecule has 3 rings (SSSR count). The number of rotatable bonds is 6. The second-order valence-corrected chi connectivity index (χ2v) is 6.30. The number of ether oxygens (including phenoxy) is 1. The van der Waals surface area contributed by atoms with Gasteiger partial charge in [-0.25, -0.2) is 0 Å². The summed E-state index contributed by atoms with van der Waals surface area (Å²) < 4.78 is 5.69. The SMILES string of the molecule is CC(N)(C(=O)Nc1ccc(OCC2CC2)cc1)c1ccccc1.Cl. The van der Waals surface area contributed by atoms with Gasteiger partial charge in [0.05, 0.1) is 6.61 Å². The summed E-state index contributed by atoms with van der Waals surface area (Å²) in [7, 11) is 0. The zero-order valence-corrected chi connectivity index (χ0v) is 14.5. The molecule has 2 aromatic rings. The van der Waals surface area contributed by atoms with Crippen molar-refractivity contribution >= 4 is 24.0 Å². The highest BCUT2D eigenvalue weighted by Gasteiger charge is 2.30. The zero-order valence-electron chi connectivity index (χ0n) is 13.7. The van der Waals surface area contributed by atoms with E-state index in [0.29, 0.717) is 5.69 Å². The fraction of sp³-hybridized carbons (Fsp3) is 0.316. The van der Waals surface area contributed by atoms with Crippen molar-refractivity contribution in [3.05, 3.63) is 60.2 Å². The summed E-state index contributed by atoms with van der Waals surface area (Å²) in [6, 6.07) is 16.8. The van der Waals surface area contributed by atoms with Crippen molar-refractivity contribution in [1.82, 2.24) is 0 Å². The Morgan fingerprint density at radius 1 is 1.17 bits per heavy atom. The third-order valence-electron chi connectivity index (χ3n) is 4.14. The van der Waals surface area contributed by atoms with E-state index in [1.165, 1.54) is 12.8 Å². The summed E-state index contributed by atoms with van der Waals surface area (Å²) in [6.07, 6.45) is 2.53. The van der Waals surface area contributed by atoms with E-state index < -0.39 is 5.54 Å². The minimum absolute atomic E-state index is 0. The van der Waals surface area contributed by atoms with Crippen molar-refractivity contribution in [3.63, 3.8) is 0 Å². The first-order valence-corrected chi connectivity index (χ1v) is 7.94. The van der Waals surface area contributed by atoms with E-state index in [4.69, 9.17) is 10.5 Å². The van der Waals surface area contributed by atoms with Crippen LogP contribution < -0.4 is 15.8 Å². The lowest BCUT2D eigenvalue weighted by Gasteiger charge is -2.24. The molecule has 1 aliphatic rings. The van der Waals surface area contributed by atoms with Gasteiger partial charge in [0.1, 0.15) is 11.3 Å². The smallest absolute Gasteiger partial charge is 0.248 e. The van der Waals surface area contributed by atoms with Crippen LogP contribution in [0.2, 0.25) is 0 Å². The number of nitrogens with two attached hydrogens (primary N) is 1. The summed E-state index contributed by atoms with van der Waals surface area (Å²) >= 11 is 0. The maximum Gasteiger partial charge on any atom is 0.248 e. The molecule has 0 spiro atoms. The summed E-state index contributed by atoms with van der Waals surface area (Å²) in [5.41, 5.74) is 6.62. The van der Waals surface area contributed by atoms with Gasteiger partial charge in [0.25, 0.3) is 0 Å². The molecule has 0 radical (unpaired) electrons. The third kappa shape index (κ3) is 4.49. The Kier molecular flexibility index (Phi) is 5.86. The number of halogens is 1. The molecule has 1 fully saturated rings. The molecule has 1 saturated carbocycles. The van der Waals surface area contributed by atoms with Crippen LogP contribution in [0.1, 0.15) is 25.3 Å². The zero-order chi connectivity index (χ0) is 16.3. The topological polar surface area (TPSA) is 64.4 Å². The first kappa shape index (κ1) is 18.3. The van der Waals surface area contributed by atoms with Crippen molar-refractivity contribution in [1.29, 1.82) is 0 Å². The van der Waals surface area contributed by atoms with Crippen LogP contribution in [0, 0.1) is 5.92 Å². The number of hydrogen-bond donors (Lipinski definition) is 2. The summed E-state index contributed by atoms with van der Waals surface area (Å²) in [6.45, 7) is 2.49. The average Bonchev–Trinajstić information content (AvgIpc) is 3.39. The molecule has 1 amide bonds. The predicted molar refractivity (Wildman–Crippen MR) is 98.5 cm³/mol. The number of nitrogens with one attached hydrogen (secondary N) is 1. The first-order valence-electron chi connectivity index (χ1n) is 7.94. The molecule has 1 aliphatic carbocycles. The average molecular weight is 347 g/mol. The van der Waals surface area contributed by atoms with Crippen LogP contribution in [0.5, 0.6) is 5.75 Å². The number of anilines is 1. The van der Waals surface area contributed by atoms with E-state index in [-0.39, 0.29) is 18.3 Å². The fourth-order valence-corrected chi connectivity index (χ4v) is 2.31. The molecule has 128 valence electrons. The van der Waals surface area contributed by atoms with Crippen molar-refractivity contribution < 1.29 is 9.53 Å². The van der Waals surface area contributed by atoms with Gasteiger partial charge in [-0.15, -0.1) is 12.4 Å². The molecule has 0 saturated heterocycles. The molecule has 0 aliphatic heterocycles. The number of hydrogen-bond acceptors (Lipinski definition) is 3. The van der Waals surface area contributed by atoms with Crippen LogP contribution in [-0.4, -0.2) is 12.5 Å². The minimum Gasteiger partial charge on any atom is -0.493 e. The maximum atomic E-state index is 12.5. The summed E-state index contributed by atoms with van der Waals surface area (Å²) in [4.78, 5) is 12.5. The molecular formula is C19H23ClN2O2. The second kappa shape index (κ2) is 7.69. The highest BCUT2D eigenvalue weighted by atomic mass is 35.5. The monoisotopic (exact) mass is 346 g/mol. The number of carbonyl (C=O) groups is 1. The van der Waals surface area contributed by atoms with E-state index in [1.54, 1.807) is 6.92 Å². The lowest BCUT2D eigenvalue weighted by Crippen LogP contribution is -2.45. The lowest BCUT2D eigenvalue weighted by atomic mass is 9.92. The molecule has 5 heteroatoms. The van der Waals surface area contributed by atoms with Crippen molar-refractivity contribution in [2.75, 3.05) is 11.9 Å². The Bertz CT molecular complexity index is 668. The number of amides is 1. The predicted octanol–water partition coefficient (Wildman–Crippen LogP) is 3.71. The summed E-state index contributed by atoms with van der Waals surface area (Å²) in [5.74, 6) is 1.31. The first-order chi connectivity index (χ1) is 11.1. The van der Waals surface area contributed by atoms with Crippen LogP contribution in [0.4, 0.5) is 5.69 Å². The highest BCUT2D eigenvalue weighted by Crippen LogP contribution is 2.29. The minimum atomic E-state index is -1.08. The molecule has 4 nitrogen and oxygen atoms in total. The molecule has 0 bridgehead atoms. The van der Waals surface area contributed by atoms with Crippen molar-refractivity contribution in [2.24, 2.45) is 11.7 Å². The van der Waals surface area contributed by atoms with Gasteiger partial charge in [-0.2, -0.15) is 0 Å². The standard InChI is InChI=1S/C19H22N2O2.ClH/c1-19(20,15-5-3-2-4-6-15)18(22)21-16-9-11-17(12-10-16)23-13-14-7-8-14;/h2-6,9-12,14H,7-8,13,20H2,1H3,(H,21,22);1H. The molecule has 24 heavy (non-hydrogen) atoms. The Morgan fingerprint density at radius 3 is 2.38 bits per heavy atom. The lowest BCUT2D eigenvalue weighted by molar-refractivity contribution is -0.120. The molecule has 2 aromatic carbocycles. The number of carbonyl (C=O) groups excluding carboxylic acids is 1. The normalized spacial score (nSPS) is 15.8. The van der Waals surface area contributed by atoms with E-state index in [9.17, 15) is 4.79 Å². The van der Waals surface area contributed by atoms with E-state index in [2.05, 4.69) is 5.32 Å². The summed E-state index contributed by atoms with van der Waals surface area (Å²) in [5, 5.41) is 2.87. The van der Waals surface area contributed by atoms with E-state index in [0.717, 1.165) is 23.8 Å². The third-order valence-corrected chi connectivity index (χ3v) is 4.14. The van der Waals surface area contributed by atoms with Gasteiger partial charge in [0.15, 0.2) is 0 Å². The molecular weight excluding hydrogens is 324 g/mol. The Hall–Kier alpha value is -2.04. The second-order valence-electron chi connectivity index (χ2n) is 6.30. The molecule has 0 aromatic heterocycles. The molecule has 1 atom stereocenters. The van der Waals surface area contributed by atoms with Crippen LogP contribution in [0.3, 0.4) is 0 Å². The molecule has 0 heterocycles. The molecule has 1 unspecified atom stereocenters. The van der Waals surface area contributed by atoms with Crippen LogP contribution in [0.25, 0.3) is 0 Å². The van der Waals surface area contributed by atoms with Crippen molar-refractivity contribution in [2.45, 2.75) is 25.3 Å². The largest absolute Gasteiger partial charge is 0.493 e. The van der Waals surface area contributed by atoms with Gasteiger partial charge in [0.2, 0.25) is 5.91 Å². The quantitative estimate of drug-likeness (QED) is 0.838. The maximum absolute atomic E-state index is 12.5. The van der Waals surface area contributed by atoms with Gasteiger partial charge in [-0.05, 0) is 55.5 Å². The van der Waals surface area contributed by atoms with Gasteiger partial charge in [0, 0.05) is 5.69 Å². The Balaban J connectivity index is 0.00000208. The van der Waals surface area contributed by atoms with Gasteiger partial charge in [-0.1, -0.05) is 30.3 Å². The van der Waals surface area contributed by atoms with Gasteiger partial charge < -0.3 is 15.8 Å². The fourth-order valence-electron chi connectivity index (χ4n) is 2.31.